The Bertz CT molecular complexity index is 539. The molecule has 1 aromatic carbocycles. The van der Waals surface area contributed by atoms with Gasteiger partial charge in [-0.2, -0.15) is 0 Å². The monoisotopic (exact) mass is 299 g/mol. The number of aryl methyl sites for hydroxylation is 1. The molecule has 0 amide bonds. The van der Waals surface area contributed by atoms with E-state index in [-0.39, 0.29) is 11.8 Å². The first-order chi connectivity index (χ1) is 9.21. The molecule has 0 aromatic heterocycles. The van der Waals surface area contributed by atoms with Gasteiger partial charge in [0.2, 0.25) is 10.0 Å². The number of benzene rings is 1. The highest BCUT2D eigenvalue weighted by atomic mass is 32.2. The van der Waals surface area contributed by atoms with Crippen molar-refractivity contribution in [2.75, 3.05) is 36.0 Å². The van der Waals surface area contributed by atoms with E-state index in [0.29, 0.717) is 12.2 Å². The Kier molecular flexibility index (Phi) is 5.83. The standard InChI is InChI=1S/C14H25N3O2S/c1-11(2)15-8-9-20(18,19)16-13-7-6-12(3)14(10-13)17(4)5/h6-7,10-11,15-16H,8-9H2,1-5H3. The molecule has 2 N–H and O–H groups in total. The Morgan fingerprint density at radius 3 is 2.45 bits per heavy atom. The molecule has 0 aliphatic carbocycles. The van der Waals surface area contributed by atoms with Crippen LogP contribution in [-0.2, 0) is 10.0 Å². The Hall–Kier alpha value is -1.27. The van der Waals surface area contributed by atoms with Crippen molar-refractivity contribution in [3.05, 3.63) is 23.8 Å². The number of rotatable bonds is 7. The van der Waals surface area contributed by atoms with Crippen LogP contribution in [0.1, 0.15) is 19.4 Å². The number of nitrogens with zero attached hydrogens (tertiary/aromatic N) is 1. The smallest absolute Gasteiger partial charge is 0.233 e. The second kappa shape index (κ2) is 6.95. The molecule has 0 heterocycles. The number of sulfonamides is 1. The van der Waals surface area contributed by atoms with Crippen LogP contribution in [0.15, 0.2) is 18.2 Å². The van der Waals surface area contributed by atoms with Crippen molar-refractivity contribution in [2.45, 2.75) is 26.8 Å². The zero-order valence-electron chi connectivity index (χ0n) is 12.9. The molecule has 0 aliphatic heterocycles. The first-order valence-electron chi connectivity index (χ1n) is 6.73. The van der Waals surface area contributed by atoms with E-state index in [1.165, 1.54) is 0 Å². The van der Waals surface area contributed by atoms with Crippen LogP contribution in [0.5, 0.6) is 0 Å². The first kappa shape index (κ1) is 16.8. The van der Waals surface area contributed by atoms with Gasteiger partial charge in [-0.1, -0.05) is 19.9 Å². The topological polar surface area (TPSA) is 61.4 Å². The molecule has 0 radical (unpaired) electrons. The second-order valence-electron chi connectivity index (χ2n) is 5.43. The molecule has 5 nitrogen and oxygen atoms in total. The van der Waals surface area contributed by atoms with E-state index in [2.05, 4.69) is 10.0 Å². The number of hydrogen-bond donors (Lipinski definition) is 2. The van der Waals surface area contributed by atoms with Crippen LogP contribution in [0.4, 0.5) is 11.4 Å². The summed E-state index contributed by atoms with van der Waals surface area (Å²) in [7, 11) is 0.559. The summed E-state index contributed by atoms with van der Waals surface area (Å²) in [6, 6.07) is 5.84. The summed E-state index contributed by atoms with van der Waals surface area (Å²) < 4.78 is 26.6. The highest BCUT2D eigenvalue weighted by molar-refractivity contribution is 7.92. The summed E-state index contributed by atoms with van der Waals surface area (Å²) in [4.78, 5) is 1.97. The second-order valence-corrected chi connectivity index (χ2v) is 7.27. The van der Waals surface area contributed by atoms with Crippen LogP contribution in [0, 0.1) is 6.92 Å². The van der Waals surface area contributed by atoms with E-state index in [0.717, 1.165) is 11.3 Å². The fraction of sp³-hybridized carbons (Fsp3) is 0.571. The quantitative estimate of drug-likeness (QED) is 0.806. The minimum absolute atomic E-state index is 0.0658. The SMILES string of the molecule is Cc1ccc(NS(=O)(=O)CCNC(C)C)cc1N(C)C. The molecule has 0 bridgehead atoms. The predicted octanol–water partition coefficient (Wildman–Crippen LogP) is 1.80. The van der Waals surface area contributed by atoms with E-state index >= 15 is 0 Å². The molecule has 1 rings (SSSR count). The van der Waals surface area contributed by atoms with Crippen molar-refractivity contribution in [3.63, 3.8) is 0 Å². The molecule has 0 spiro atoms. The van der Waals surface area contributed by atoms with E-state index in [4.69, 9.17) is 0 Å². The van der Waals surface area contributed by atoms with Crippen LogP contribution >= 0.6 is 0 Å². The normalized spacial score (nSPS) is 11.7. The predicted molar refractivity (Wildman–Crippen MR) is 86.1 cm³/mol. The fourth-order valence-electron chi connectivity index (χ4n) is 1.87. The lowest BCUT2D eigenvalue weighted by molar-refractivity contribution is 0.582. The molecule has 0 fully saturated rings. The molecule has 0 saturated carbocycles. The molecule has 20 heavy (non-hydrogen) atoms. The summed E-state index contributed by atoms with van der Waals surface area (Å²) >= 11 is 0. The first-order valence-corrected chi connectivity index (χ1v) is 8.38. The minimum atomic E-state index is -3.32. The van der Waals surface area contributed by atoms with Gasteiger partial charge in [-0.05, 0) is 24.6 Å². The molecule has 0 aliphatic rings. The Morgan fingerprint density at radius 2 is 1.90 bits per heavy atom. The summed E-state index contributed by atoms with van der Waals surface area (Å²) in [6.07, 6.45) is 0. The molecule has 1 aromatic rings. The van der Waals surface area contributed by atoms with Gasteiger partial charge in [0.1, 0.15) is 0 Å². The fourth-order valence-corrected chi connectivity index (χ4v) is 2.84. The molecule has 6 heteroatoms. The molecular weight excluding hydrogens is 274 g/mol. The lowest BCUT2D eigenvalue weighted by atomic mass is 10.2. The number of hydrogen-bond acceptors (Lipinski definition) is 4. The summed E-state index contributed by atoms with van der Waals surface area (Å²) in [6.45, 7) is 6.42. The Balaban J connectivity index is 2.75. The van der Waals surface area contributed by atoms with Crippen LogP contribution in [0.25, 0.3) is 0 Å². The van der Waals surface area contributed by atoms with Gasteiger partial charge in [0.15, 0.2) is 0 Å². The van der Waals surface area contributed by atoms with Crippen molar-refractivity contribution >= 4 is 21.4 Å². The molecular formula is C14H25N3O2S. The van der Waals surface area contributed by atoms with Crippen LogP contribution in [0.3, 0.4) is 0 Å². The third kappa shape index (κ3) is 5.38. The highest BCUT2D eigenvalue weighted by Crippen LogP contribution is 2.23. The van der Waals surface area contributed by atoms with Gasteiger partial charge >= 0.3 is 0 Å². The van der Waals surface area contributed by atoms with Crippen molar-refractivity contribution in [3.8, 4) is 0 Å². The molecule has 0 unspecified atom stereocenters. The lowest BCUT2D eigenvalue weighted by Crippen LogP contribution is -2.31. The molecule has 0 saturated heterocycles. The van der Waals surface area contributed by atoms with Crippen LogP contribution < -0.4 is 14.9 Å². The van der Waals surface area contributed by atoms with Crippen molar-refractivity contribution in [2.24, 2.45) is 0 Å². The average molecular weight is 299 g/mol. The summed E-state index contributed by atoms with van der Waals surface area (Å²) in [5, 5.41) is 3.10. The van der Waals surface area contributed by atoms with Crippen molar-refractivity contribution in [1.82, 2.24) is 5.32 Å². The lowest BCUT2D eigenvalue weighted by Gasteiger charge is -2.17. The van der Waals surface area contributed by atoms with E-state index < -0.39 is 10.0 Å². The summed E-state index contributed by atoms with van der Waals surface area (Å²) in [5.74, 6) is 0.0658. The van der Waals surface area contributed by atoms with Crippen LogP contribution in [-0.4, -0.2) is 40.9 Å². The maximum absolute atomic E-state index is 12.0. The largest absolute Gasteiger partial charge is 0.377 e. The van der Waals surface area contributed by atoms with Gasteiger partial charge in [-0.3, -0.25) is 4.72 Å². The highest BCUT2D eigenvalue weighted by Gasteiger charge is 2.11. The molecule has 0 atom stereocenters. The van der Waals surface area contributed by atoms with E-state index in [9.17, 15) is 8.42 Å². The maximum Gasteiger partial charge on any atom is 0.233 e. The van der Waals surface area contributed by atoms with Gasteiger partial charge in [0.25, 0.3) is 0 Å². The number of nitrogens with one attached hydrogen (secondary N) is 2. The minimum Gasteiger partial charge on any atom is -0.377 e. The zero-order chi connectivity index (χ0) is 15.3. The van der Waals surface area contributed by atoms with E-state index in [1.807, 2.05) is 51.9 Å². The van der Waals surface area contributed by atoms with Gasteiger partial charge < -0.3 is 10.2 Å². The van der Waals surface area contributed by atoms with Gasteiger partial charge in [-0.25, -0.2) is 8.42 Å². The molecule has 114 valence electrons. The van der Waals surface area contributed by atoms with Crippen molar-refractivity contribution in [1.29, 1.82) is 0 Å². The Morgan fingerprint density at radius 1 is 1.25 bits per heavy atom. The Labute approximate surface area is 122 Å². The van der Waals surface area contributed by atoms with Gasteiger partial charge in [0, 0.05) is 32.4 Å². The number of anilines is 2. The third-order valence-electron chi connectivity index (χ3n) is 2.89. The zero-order valence-corrected chi connectivity index (χ0v) is 13.7. The third-order valence-corrected chi connectivity index (χ3v) is 4.18. The van der Waals surface area contributed by atoms with Crippen molar-refractivity contribution < 1.29 is 8.42 Å². The average Bonchev–Trinajstić information content (AvgIpc) is 2.30. The maximum atomic E-state index is 12.0. The summed E-state index contributed by atoms with van der Waals surface area (Å²) in [5.41, 5.74) is 2.72. The van der Waals surface area contributed by atoms with Crippen LogP contribution in [0.2, 0.25) is 0 Å². The van der Waals surface area contributed by atoms with E-state index in [1.54, 1.807) is 6.07 Å². The van der Waals surface area contributed by atoms with Gasteiger partial charge in [-0.15, -0.1) is 0 Å². The van der Waals surface area contributed by atoms with Gasteiger partial charge in [0.05, 0.1) is 11.4 Å².